The minimum atomic E-state index is 0.418. The van der Waals surface area contributed by atoms with Crippen molar-refractivity contribution < 1.29 is 4.74 Å². The summed E-state index contributed by atoms with van der Waals surface area (Å²) in [7, 11) is 1.66. The number of nitrogens with zero attached hydrogens (tertiary/aromatic N) is 2. The van der Waals surface area contributed by atoms with Crippen molar-refractivity contribution in [2.75, 3.05) is 19.0 Å². The molecule has 1 heterocycles. The van der Waals surface area contributed by atoms with E-state index in [1.165, 1.54) is 5.56 Å². The Morgan fingerprint density at radius 1 is 1.14 bits per heavy atom. The van der Waals surface area contributed by atoms with E-state index in [2.05, 4.69) is 53.4 Å². The summed E-state index contributed by atoms with van der Waals surface area (Å²) in [6.07, 6.45) is 2.23. The van der Waals surface area contributed by atoms with Gasteiger partial charge >= 0.3 is 0 Å². The Hall–Kier alpha value is -1.94. The van der Waals surface area contributed by atoms with E-state index in [1.807, 2.05) is 6.07 Å². The van der Waals surface area contributed by atoms with Crippen molar-refractivity contribution in [1.82, 2.24) is 9.97 Å². The van der Waals surface area contributed by atoms with Crippen LogP contribution in [0.25, 0.3) is 11.3 Å². The Morgan fingerprint density at radius 3 is 2.71 bits per heavy atom. The zero-order chi connectivity index (χ0) is 15.1. The third kappa shape index (κ3) is 4.26. The number of anilines is 1. The molecule has 0 fully saturated rings. The van der Waals surface area contributed by atoms with Gasteiger partial charge in [-0.25, -0.2) is 9.97 Å². The van der Waals surface area contributed by atoms with Crippen LogP contribution in [0.3, 0.4) is 0 Å². The number of aromatic nitrogens is 2. The molecule has 0 aliphatic heterocycles. The second-order valence-electron chi connectivity index (χ2n) is 4.97. The summed E-state index contributed by atoms with van der Waals surface area (Å²) in [4.78, 5) is 9.05. The minimum absolute atomic E-state index is 0.418. The number of nitrogens with one attached hydrogen (secondary N) is 1. The molecule has 0 aliphatic carbocycles. The standard InChI is InChI=1S/C17H23N3O/c1-4-7-13-8-6-9-14(10-13)15-11-16(18-5-2)20-17(19-15)12-21-3/h6,8-11H,4-5,7,12H2,1-3H3,(H,18,19,20). The van der Waals surface area contributed by atoms with Crippen LogP contribution < -0.4 is 5.32 Å². The van der Waals surface area contributed by atoms with Crippen LogP contribution in [0.15, 0.2) is 30.3 Å². The van der Waals surface area contributed by atoms with Crippen LogP contribution in [-0.4, -0.2) is 23.6 Å². The highest BCUT2D eigenvalue weighted by Crippen LogP contribution is 2.22. The van der Waals surface area contributed by atoms with Gasteiger partial charge in [-0.15, -0.1) is 0 Å². The van der Waals surface area contributed by atoms with Gasteiger partial charge in [0.2, 0.25) is 0 Å². The Balaban J connectivity index is 2.38. The van der Waals surface area contributed by atoms with Crippen LogP contribution in [-0.2, 0) is 17.8 Å². The largest absolute Gasteiger partial charge is 0.377 e. The lowest BCUT2D eigenvalue weighted by atomic mass is 10.0. The van der Waals surface area contributed by atoms with Crippen molar-refractivity contribution in [1.29, 1.82) is 0 Å². The van der Waals surface area contributed by atoms with Crippen molar-refractivity contribution in [2.45, 2.75) is 33.3 Å². The van der Waals surface area contributed by atoms with Gasteiger partial charge in [-0.2, -0.15) is 0 Å². The zero-order valence-corrected chi connectivity index (χ0v) is 13.0. The highest BCUT2D eigenvalue weighted by molar-refractivity contribution is 5.63. The molecule has 21 heavy (non-hydrogen) atoms. The Labute approximate surface area is 126 Å². The highest BCUT2D eigenvalue weighted by Gasteiger charge is 2.07. The maximum Gasteiger partial charge on any atom is 0.157 e. The molecule has 0 spiro atoms. The van der Waals surface area contributed by atoms with E-state index in [0.29, 0.717) is 12.4 Å². The van der Waals surface area contributed by atoms with E-state index in [4.69, 9.17) is 4.74 Å². The number of ether oxygens (including phenoxy) is 1. The van der Waals surface area contributed by atoms with Crippen LogP contribution in [0.4, 0.5) is 5.82 Å². The van der Waals surface area contributed by atoms with Gasteiger partial charge in [-0.1, -0.05) is 31.5 Å². The van der Waals surface area contributed by atoms with E-state index >= 15 is 0 Å². The predicted molar refractivity (Wildman–Crippen MR) is 86.3 cm³/mol. The predicted octanol–water partition coefficient (Wildman–Crippen LogP) is 3.67. The molecule has 1 aromatic carbocycles. The Kier molecular flexibility index (Phi) is 5.69. The summed E-state index contributed by atoms with van der Waals surface area (Å²) < 4.78 is 5.16. The molecule has 112 valence electrons. The van der Waals surface area contributed by atoms with Crippen molar-refractivity contribution in [3.05, 3.63) is 41.7 Å². The van der Waals surface area contributed by atoms with Gasteiger partial charge < -0.3 is 10.1 Å². The fourth-order valence-electron chi connectivity index (χ4n) is 2.29. The molecule has 1 aromatic heterocycles. The van der Waals surface area contributed by atoms with Crippen LogP contribution >= 0.6 is 0 Å². The molecule has 0 radical (unpaired) electrons. The normalized spacial score (nSPS) is 10.6. The van der Waals surface area contributed by atoms with Gasteiger partial charge in [0, 0.05) is 25.3 Å². The molecule has 0 bridgehead atoms. The molecular weight excluding hydrogens is 262 g/mol. The first kappa shape index (κ1) is 15.4. The smallest absolute Gasteiger partial charge is 0.157 e. The average Bonchev–Trinajstić information content (AvgIpc) is 2.48. The van der Waals surface area contributed by atoms with E-state index in [9.17, 15) is 0 Å². The average molecular weight is 285 g/mol. The minimum Gasteiger partial charge on any atom is -0.377 e. The second kappa shape index (κ2) is 7.74. The first-order valence-corrected chi connectivity index (χ1v) is 7.46. The lowest BCUT2D eigenvalue weighted by Gasteiger charge is -2.09. The molecule has 0 amide bonds. The molecule has 1 N–H and O–H groups in total. The Morgan fingerprint density at radius 2 is 2.00 bits per heavy atom. The van der Waals surface area contributed by atoms with Gasteiger partial charge in [0.1, 0.15) is 12.4 Å². The Bertz CT molecular complexity index is 560. The van der Waals surface area contributed by atoms with E-state index in [-0.39, 0.29) is 0 Å². The quantitative estimate of drug-likeness (QED) is 0.843. The fourth-order valence-corrected chi connectivity index (χ4v) is 2.29. The SMILES string of the molecule is CCCc1cccc(-c2cc(NCC)nc(COC)n2)c1. The fraction of sp³-hybridized carbons (Fsp3) is 0.412. The van der Waals surface area contributed by atoms with Gasteiger partial charge in [-0.05, 0) is 25.0 Å². The van der Waals surface area contributed by atoms with Gasteiger partial charge in [-0.3, -0.25) is 0 Å². The summed E-state index contributed by atoms with van der Waals surface area (Å²) in [5, 5.41) is 3.25. The van der Waals surface area contributed by atoms with Crippen molar-refractivity contribution >= 4 is 5.82 Å². The molecule has 4 nitrogen and oxygen atoms in total. The van der Waals surface area contributed by atoms with E-state index in [0.717, 1.165) is 36.5 Å². The van der Waals surface area contributed by atoms with Crippen LogP contribution in [0.2, 0.25) is 0 Å². The molecule has 0 atom stereocenters. The molecule has 2 aromatic rings. The molecule has 2 rings (SSSR count). The summed E-state index contributed by atoms with van der Waals surface area (Å²) >= 11 is 0. The molecule has 0 saturated heterocycles. The maximum absolute atomic E-state index is 5.16. The van der Waals surface area contributed by atoms with Crippen molar-refractivity contribution in [2.24, 2.45) is 0 Å². The van der Waals surface area contributed by atoms with Crippen molar-refractivity contribution in [3.63, 3.8) is 0 Å². The molecule has 0 saturated carbocycles. The van der Waals surface area contributed by atoms with Gasteiger partial charge in [0.05, 0.1) is 5.69 Å². The number of rotatable bonds is 7. The molecule has 0 unspecified atom stereocenters. The number of benzene rings is 1. The summed E-state index contributed by atoms with van der Waals surface area (Å²) in [5.74, 6) is 1.54. The summed E-state index contributed by atoms with van der Waals surface area (Å²) in [6.45, 7) is 5.50. The number of methoxy groups -OCH3 is 1. The van der Waals surface area contributed by atoms with Crippen molar-refractivity contribution in [3.8, 4) is 11.3 Å². The maximum atomic E-state index is 5.16. The van der Waals surface area contributed by atoms with Crippen LogP contribution in [0.1, 0.15) is 31.7 Å². The summed E-state index contributed by atoms with van der Waals surface area (Å²) in [5.41, 5.74) is 3.40. The monoisotopic (exact) mass is 285 g/mol. The second-order valence-corrected chi connectivity index (χ2v) is 4.97. The van der Waals surface area contributed by atoms with Crippen LogP contribution in [0, 0.1) is 0 Å². The number of aryl methyl sites for hydroxylation is 1. The molecule has 4 heteroatoms. The molecular formula is C17H23N3O. The van der Waals surface area contributed by atoms with Crippen LogP contribution in [0.5, 0.6) is 0 Å². The van der Waals surface area contributed by atoms with Gasteiger partial charge in [0.25, 0.3) is 0 Å². The van der Waals surface area contributed by atoms with E-state index in [1.54, 1.807) is 7.11 Å². The third-order valence-electron chi connectivity index (χ3n) is 3.17. The van der Waals surface area contributed by atoms with Gasteiger partial charge in [0.15, 0.2) is 5.82 Å². The third-order valence-corrected chi connectivity index (χ3v) is 3.17. The number of hydrogen-bond donors (Lipinski definition) is 1. The zero-order valence-electron chi connectivity index (χ0n) is 13.0. The lowest BCUT2D eigenvalue weighted by Crippen LogP contribution is -2.05. The highest BCUT2D eigenvalue weighted by atomic mass is 16.5. The first-order chi connectivity index (χ1) is 10.3. The first-order valence-electron chi connectivity index (χ1n) is 7.46. The number of hydrogen-bond acceptors (Lipinski definition) is 4. The molecule has 0 aliphatic rings. The van der Waals surface area contributed by atoms with E-state index < -0.39 is 0 Å². The lowest BCUT2D eigenvalue weighted by molar-refractivity contribution is 0.178. The topological polar surface area (TPSA) is 47.0 Å². The summed E-state index contributed by atoms with van der Waals surface area (Å²) in [6, 6.07) is 10.5.